The molecule has 2 N–H and O–H groups in total. The van der Waals surface area contributed by atoms with E-state index in [1.54, 1.807) is 6.92 Å². The van der Waals surface area contributed by atoms with Gasteiger partial charge < -0.3 is 5.32 Å². The molecule has 0 radical (unpaired) electrons. The first-order chi connectivity index (χ1) is 10.5. The number of hydrogen-bond acceptors (Lipinski definition) is 5. The van der Waals surface area contributed by atoms with Crippen molar-refractivity contribution in [3.05, 3.63) is 45.9 Å². The minimum atomic E-state index is -0.406. The van der Waals surface area contributed by atoms with Crippen LogP contribution in [0.1, 0.15) is 25.0 Å². The van der Waals surface area contributed by atoms with Crippen molar-refractivity contribution in [3.8, 4) is 0 Å². The van der Waals surface area contributed by atoms with Crippen LogP contribution in [0.4, 0.5) is 5.69 Å². The van der Waals surface area contributed by atoms with Crippen molar-refractivity contribution in [2.75, 3.05) is 5.32 Å². The van der Waals surface area contributed by atoms with Crippen LogP contribution in [0.25, 0.3) is 0 Å². The van der Waals surface area contributed by atoms with Gasteiger partial charge in [-0.3, -0.25) is 14.6 Å². The van der Waals surface area contributed by atoms with Gasteiger partial charge in [-0.1, -0.05) is 36.9 Å². The Morgan fingerprint density at radius 3 is 2.91 bits per heavy atom. The highest BCUT2D eigenvalue weighted by molar-refractivity contribution is 8.00. The highest BCUT2D eigenvalue weighted by Gasteiger charge is 2.18. The molecule has 0 spiro atoms. The van der Waals surface area contributed by atoms with Crippen LogP contribution in [-0.2, 0) is 11.2 Å². The average molecular weight is 318 g/mol. The molecule has 0 fully saturated rings. The van der Waals surface area contributed by atoms with Crippen LogP contribution in [0.15, 0.2) is 34.3 Å². The lowest BCUT2D eigenvalue weighted by atomic mass is 10.1. The maximum atomic E-state index is 12.3. The summed E-state index contributed by atoms with van der Waals surface area (Å²) in [6, 6.07) is 5.94. The number of benzene rings is 1. The Morgan fingerprint density at radius 1 is 1.45 bits per heavy atom. The Bertz CT molecular complexity index is 729. The SMILES string of the molecule is CCc1cccc(C)c1NC(=O)C(C)Sc1nncc(=O)[nH]1. The Kier molecular flexibility index (Phi) is 5.32. The highest BCUT2D eigenvalue weighted by atomic mass is 32.2. The number of para-hydroxylation sites is 1. The van der Waals surface area contributed by atoms with Crippen LogP contribution in [-0.4, -0.2) is 26.3 Å². The summed E-state index contributed by atoms with van der Waals surface area (Å²) >= 11 is 1.16. The number of thioether (sulfide) groups is 1. The number of rotatable bonds is 5. The summed E-state index contributed by atoms with van der Waals surface area (Å²) in [5, 5.41) is 10.3. The van der Waals surface area contributed by atoms with Gasteiger partial charge in [0.2, 0.25) is 5.91 Å². The van der Waals surface area contributed by atoms with Crippen molar-refractivity contribution in [2.24, 2.45) is 0 Å². The fourth-order valence-electron chi connectivity index (χ4n) is 2.00. The van der Waals surface area contributed by atoms with Gasteiger partial charge in [-0.25, -0.2) is 0 Å². The quantitative estimate of drug-likeness (QED) is 0.825. The number of nitrogens with one attached hydrogen (secondary N) is 2. The molecule has 1 unspecified atom stereocenters. The molecule has 7 heteroatoms. The summed E-state index contributed by atoms with van der Waals surface area (Å²) in [6.45, 7) is 5.77. The molecule has 1 aromatic heterocycles. The molecule has 1 aromatic carbocycles. The molecule has 2 aromatic rings. The number of aromatic nitrogens is 3. The summed E-state index contributed by atoms with van der Waals surface area (Å²) in [5.41, 5.74) is 2.64. The van der Waals surface area contributed by atoms with Gasteiger partial charge >= 0.3 is 0 Å². The molecule has 1 heterocycles. The van der Waals surface area contributed by atoms with Gasteiger partial charge in [-0.05, 0) is 31.4 Å². The molecule has 0 aliphatic heterocycles. The standard InChI is InChI=1S/C15H18N4O2S/c1-4-11-7-5-6-9(2)13(11)18-14(21)10(3)22-15-17-12(20)8-16-19-15/h5-8,10H,4H2,1-3H3,(H,18,21)(H,17,19,20). The van der Waals surface area contributed by atoms with Gasteiger partial charge in [0, 0.05) is 5.69 Å². The first kappa shape index (κ1) is 16.2. The number of aromatic amines is 1. The maximum Gasteiger partial charge on any atom is 0.270 e. The average Bonchev–Trinajstić information content (AvgIpc) is 2.49. The van der Waals surface area contributed by atoms with Crippen LogP contribution in [0.2, 0.25) is 0 Å². The number of hydrogen-bond donors (Lipinski definition) is 2. The number of nitrogens with zero attached hydrogens (tertiary/aromatic N) is 2. The van der Waals surface area contributed by atoms with E-state index >= 15 is 0 Å². The number of anilines is 1. The molecule has 22 heavy (non-hydrogen) atoms. The van der Waals surface area contributed by atoms with E-state index in [-0.39, 0.29) is 11.5 Å². The van der Waals surface area contributed by atoms with Crippen molar-refractivity contribution in [1.29, 1.82) is 0 Å². The predicted molar refractivity (Wildman–Crippen MR) is 87.2 cm³/mol. The molecule has 0 bridgehead atoms. The third-order valence-electron chi connectivity index (χ3n) is 3.20. The fraction of sp³-hybridized carbons (Fsp3) is 0.333. The summed E-state index contributed by atoms with van der Waals surface area (Å²) in [4.78, 5) is 26.1. The zero-order valence-corrected chi connectivity index (χ0v) is 13.5. The van der Waals surface area contributed by atoms with Crippen LogP contribution < -0.4 is 10.9 Å². The van der Waals surface area contributed by atoms with E-state index in [1.807, 2.05) is 32.0 Å². The number of carbonyl (C=O) groups excluding carboxylic acids is 1. The minimum absolute atomic E-state index is 0.138. The minimum Gasteiger partial charge on any atom is -0.325 e. The number of amides is 1. The highest BCUT2D eigenvalue weighted by Crippen LogP contribution is 2.24. The summed E-state index contributed by atoms with van der Waals surface area (Å²) < 4.78 is 0. The molecule has 116 valence electrons. The van der Waals surface area contributed by atoms with E-state index in [2.05, 4.69) is 20.5 Å². The summed E-state index contributed by atoms with van der Waals surface area (Å²) in [6.07, 6.45) is 1.94. The molecule has 0 saturated carbocycles. The van der Waals surface area contributed by atoms with E-state index < -0.39 is 5.25 Å². The summed E-state index contributed by atoms with van der Waals surface area (Å²) in [5.74, 6) is -0.138. The second-order valence-corrected chi connectivity index (χ2v) is 6.18. The smallest absolute Gasteiger partial charge is 0.270 e. The van der Waals surface area contributed by atoms with Gasteiger partial charge in [0.1, 0.15) is 6.20 Å². The summed E-state index contributed by atoms with van der Waals surface area (Å²) in [7, 11) is 0. The van der Waals surface area contributed by atoms with E-state index in [4.69, 9.17) is 0 Å². The number of aryl methyl sites for hydroxylation is 2. The monoisotopic (exact) mass is 318 g/mol. The second-order valence-electron chi connectivity index (χ2n) is 4.85. The van der Waals surface area contributed by atoms with Gasteiger partial charge in [-0.2, -0.15) is 5.10 Å². The van der Waals surface area contributed by atoms with Crippen LogP contribution in [0.5, 0.6) is 0 Å². The van der Waals surface area contributed by atoms with Crippen molar-refractivity contribution < 1.29 is 4.79 Å². The van der Waals surface area contributed by atoms with Crippen LogP contribution >= 0.6 is 11.8 Å². The van der Waals surface area contributed by atoms with Gasteiger partial charge in [-0.15, -0.1) is 5.10 Å². The largest absolute Gasteiger partial charge is 0.325 e. The lowest BCUT2D eigenvalue weighted by Crippen LogP contribution is -2.24. The van der Waals surface area contributed by atoms with Crippen LogP contribution in [0.3, 0.4) is 0 Å². The molecule has 1 atom stereocenters. The first-order valence-corrected chi connectivity index (χ1v) is 7.87. The zero-order chi connectivity index (χ0) is 16.1. The number of carbonyl (C=O) groups is 1. The van der Waals surface area contributed by atoms with Crippen molar-refractivity contribution in [2.45, 2.75) is 37.6 Å². The molecule has 0 aliphatic carbocycles. The third-order valence-corrected chi connectivity index (χ3v) is 4.17. The fourth-order valence-corrected chi connectivity index (χ4v) is 2.75. The van der Waals surface area contributed by atoms with E-state index in [9.17, 15) is 9.59 Å². The lowest BCUT2D eigenvalue weighted by Gasteiger charge is -2.15. The van der Waals surface area contributed by atoms with E-state index in [0.29, 0.717) is 5.16 Å². The molecule has 0 saturated heterocycles. The molecule has 0 aliphatic rings. The van der Waals surface area contributed by atoms with Crippen molar-refractivity contribution in [1.82, 2.24) is 15.2 Å². The van der Waals surface area contributed by atoms with Crippen molar-refractivity contribution >= 4 is 23.4 Å². The second kappa shape index (κ2) is 7.22. The first-order valence-electron chi connectivity index (χ1n) is 6.99. The van der Waals surface area contributed by atoms with E-state index in [1.165, 1.54) is 0 Å². The Hall–Kier alpha value is -2.15. The third kappa shape index (κ3) is 3.94. The zero-order valence-electron chi connectivity index (χ0n) is 12.7. The van der Waals surface area contributed by atoms with Gasteiger partial charge in [0.15, 0.2) is 5.16 Å². The topological polar surface area (TPSA) is 87.7 Å². The molecular weight excluding hydrogens is 300 g/mol. The molecule has 2 rings (SSSR count). The Balaban J connectivity index is 2.10. The van der Waals surface area contributed by atoms with Gasteiger partial charge in [0.05, 0.1) is 5.25 Å². The Labute approximate surface area is 132 Å². The Morgan fingerprint density at radius 2 is 2.23 bits per heavy atom. The lowest BCUT2D eigenvalue weighted by molar-refractivity contribution is -0.115. The van der Waals surface area contributed by atoms with E-state index in [0.717, 1.165) is 41.2 Å². The predicted octanol–water partition coefficient (Wildman–Crippen LogP) is 2.16. The molecular formula is C15H18N4O2S. The van der Waals surface area contributed by atoms with Gasteiger partial charge in [0.25, 0.3) is 5.56 Å². The number of H-pyrrole nitrogens is 1. The molecule has 1 amide bonds. The van der Waals surface area contributed by atoms with Crippen LogP contribution in [0, 0.1) is 6.92 Å². The maximum absolute atomic E-state index is 12.3. The molecule has 6 nitrogen and oxygen atoms in total. The van der Waals surface area contributed by atoms with Crippen molar-refractivity contribution in [3.63, 3.8) is 0 Å². The normalized spacial score (nSPS) is 12.0.